The van der Waals surface area contributed by atoms with E-state index in [4.69, 9.17) is 0 Å². The third-order valence-electron chi connectivity index (χ3n) is 5.45. The monoisotopic (exact) mass is 372 g/mol. The van der Waals surface area contributed by atoms with Gasteiger partial charge in [-0.1, -0.05) is 18.6 Å². The molecule has 0 bridgehead atoms. The van der Waals surface area contributed by atoms with Crippen molar-refractivity contribution in [3.05, 3.63) is 45.0 Å². The van der Waals surface area contributed by atoms with E-state index in [1.54, 1.807) is 31.3 Å². The van der Waals surface area contributed by atoms with Crippen LogP contribution in [0.1, 0.15) is 32.6 Å². The Morgan fingerprint density at radius 1 is 1.15 bits per heavy atom. The summed E-state index contributed by atoms with van der Waals surface area (Å²) in [4.78, 5) is 39.3. The smallest absolute Gasteiger partial charge is 0.317 e. The van der Waals surface area contributed by atoms with Crippen molar-refractivity contribution in [2.75, 3.05) is 19.6 Å². The summed E-state index contributed by atoms with van der Waals surface area (Å²) < 4.78 is 2.59. The zero-order valence-corrected chi connectivity index (χ0v) is 16.1. The number of likely N-dealkylation sites (tertiary alicyclic amines) is 1. The van der Waals surface area contributed by atoms with Gasteiger partial charge in [-0.3, -0.25) is 19.0 Å². The van der Waals surface area contributed by atoms with Crippen LogP contribution in [0.4, 0.5) is 0 Å². The van der Waals surface area contributed by atoms with Crippen LogP contribution in [0.5, 0.6) is 0 Å². The van der Waals surface area contributed by atoms with Gasteiger partial charge in [-0.2, -0.15) is 0 Å². The molecule has 1 aromatic heterocycles. The molecule has 1 aliphatic heterocycles. The fourth-order valence-corrected chi connectivity index (χ4v) is 3.81. The highest BCUT2D eigenvalue weighted by Crippen LogP contribution is 2.16. The normalized spacial score (nSPS) is 17.9. The lowest BCUT2D eigenvalue weighted by atomic mass is 10.0. The quantitative estimate of drug-likeness (QED) is 0.608. The van der Waals surface area contributed by atoms with Gasteiger partial charge < -0.3 is 14.8 Å². The topological polar surface area (TPSA) is 76.3 Å². The molecule has 0 saturated carbocycles. The van der Waals surface area contributed by atoms with Crippen molar-refractivity contribution in [1.82, 2.24) is 19.4 Å². The molecule has 1 saturated heterocycles. The Bertz CT molecular complexity index is 931. The maximum atomic E-state index is 12.4. The number of para-hydroxylation sites is 2. The SMILES string of the molecule is C[C@@H]1CCCCN1CCCNC(=O)Cn1c(=O)c(=O)n(C)c2ccccc21. The molecular weight excluding hydrogens is 344 g/mol. The Balaban J connectivity index is 1.61. The predicted molar refractivity (Wildman–Crippen MR) is 106 cm³/mol. The molecule has 1 fully saturated rings. The standard InChI is InChI=1S/C20H28N4O3/c1-15-8-5-6-12-23(15)13-7-11-21-18(25)14-24-17-10-4-3-9-16(17)22(2)19(26)20(24)27/h3-4,9-10,15H,5-8,11-14H2,1-2H3,(H,21,25)/t15-/m1/s1. The summed E-state index contributed by atoms with van der Waals surface area (Å²) in [6, 6.07) is 7.73. The van der Waals surface area contributed by atoms with E-state index in [1.165, 1.54) is 28.4 Å². The highest BCUT2D eigenvalue weighted by atomic mass is 16.2. The van der Waals surface area contributed by atoms with Crippen LogP contribution in [0.2, 0.25) is 0 Å². The summed E-state index contributed by atoms with van der Waals surface area (Å²) in [6.07, 6.45) is 4.66. The first-order chi connectivity index (χ1) is 13.0. The minimum atomic E-state index is -0.673. The first-order valence-electron chi connectivity index (χ1n) is 9.68. The number of amides is 1. The van der Waals surface area contributed by atoms with Gasteiger partial charge in [0.2, 0.25) is 5.91 Å². The van der Waals surface area contributed by atoms with Crippen LogP contribution in [-0.2, 0) is 18.4 Å². The van der Waals surface area contributed by atoms with E-state index in [9.17, 15) is 14.4 Å². The highest BCUT2D eigenvalue weighted by molar-refractivity contribution is 5.80. The lowest BCUT2D eigenvalue weighted by Gasteiger charge is -2.33. The summed E-state index contributed by atoms with van der Waals surface area (Å²) in [5.41, 5.74) is -0.0787. The molecule has 1 atom stereocenters. The first-order valence-corrected chi connectivity index (χ1v) is 9.68. The maximum Gasteiger partial charge on any atom is 0.317 e. The second kappa shape index (κ2) is 8.52. The fraction of sp³-hybridized carbons (Fsp3) is 0.550. The van der Waals surface area contributed by atoms with Crippen LogP contribution in [0, 0.1) is 0 Å². The van der Waals surface area contributed by atoms with Crippen molar-refractivity contribution >= 4 is 16.9 Å². The van der Waals surface area contributed by atoms with Gasteiger partial charge in [0.25, 0.3) is 0 Å². The fourth-order valence-electron chi connectivity index (χ4n) is 3.81. The Labute approximate surface area is 158 Å². The van der Waals surface area contributed by atoms with Crippen LogP contribution < -0.4 is 16.4 Å². The minimum Gasteiger partial charge on any atom is -0.355 e. The lowest BCUT2D eigenvalue weighted by molar-refractivity contribution is -0.121. The lowest BCUT2D eigenvalue weighted by Crippen LogP contribution is -2.43. The van der Waals surface area contributed by atoms with Crippen molar-refractivity contribution in [2.24, 2.45) is 7.05 Å². The van der Waals surface area contributed by atoms with Crippen molar-refractivity contribution in [3.63, 3.8) is 0 Å². The number of benzene rings is 1. The number of aromatic nitrogens is 2. The van der Waals surface area contributed by atoms with Crippen molar-refractivity contribution in [2.45, 2.75) is 45.2 Å². The van der Waals surface area contributed by atoms with Gasteiger partial charge in [-0.05, 0) is 44.9 Å². The largest absolute Gasteiger partial charge is 0.355 e. The molecule has 0 unspecified atom stereocenters. The third-order valence-corrected chi connectivity index (χ3v) is 5.45. The van der Waals surface area contributed by atoms with Gasteiger partial charge in [0.05, 0.1) is 11.0 Å². The van der Waals surface area contributed by atoms with E-state index in [-0.39, 0.29) is 12.5 Å². The molecule has 1 N–H and O–H groups in total. The first kappa shape index (κ1) is 19.4. The van der Waals surface area contributed by atoms with Gasteiger partial charge in [0.1, 0.15) is 6.54 Å². The number of aryl methyl sites for hydroxylation is 1. The van der Waals surface area contributed by atoms with Crippen molar-refractivity contribution < 1.29 is 4.79 Å². The van der Waals surface area contributed by atoms with Gasteiger partial charge >= 0.3 is 11.1 Å². The van der Waals surface area contributed by atoms with Crippen LogP contribution in [0.15, 0.2) is 33.9 Å². The molecule has 7 heteroatoms. The second-order valence-electron chi connectivity index (χ2n) is 7.33. The number of piperidine rings is 1. The molecule has 1 aliphatic rings. The molecule has 0 radical (unpaired) electrons. The summed E-state index contributed by atoms with van der Waals surface area (Å²) >= 11 is 0. The number of nitrogens with one attached hydrogen (secondary N) is 1. The van der Waals surface area contributed by atoms with Crippen LogP contribution >= 0.6 is 0 Å². The molecule has 2 heterocycles. The number of hydrogen-bond acceptors (Lipinski definition) is 4. The predicted octanol–water partition coefficient (Wildman–Crippen LogP) is 1.08. The second-order valence-corrected chi connectivity index (χ2v) is 7.33. The van der Waals surface area contributed by atoms with Gasteiger partial charge in [-0.15, -0.1) is 0 Å². The third kappa shape index (κ3) is 4.30. The zero-order chi connectivity index (χ0) is 19.4. The molecule has 1 amide bonds. The Morgan fingerprint density at radius 3 is 2.63 bits per heavy atom. The molecule has 3 rings (SSSR count). The number of nitrogens with zero attached hydrogens (tertiary/aromatic N) is 3. The molecule has 146 valence electrons. The summed E-state index contributed by atoms with van der Waals surface area (Å²) in [7, 11) is 1.57. The average molecular weight is 372 g/mol. The Morgan fingerprint density at radius 2 is 1.89 bits per heavy atom. The Kier molecular flexibility index (Phi) is 6.11. The van der Waals surface area contributed by atoms with Crippen LogP contribution in [0.25, 0.3) is 11.0 Å². The molecule has 1 aromatic carbocycles. The molecular formula is C20H28N4O3. The Hall–Kier alpha value is -2.41. The zero-order valence-electron chi connectivity index (χ0n) is 16.1. The number of hydrogen-bond donors (Lipinski definition) is 1. The number of carbonyl (C=O) groups excluding carboxylic acids is 1. The average Bonchev–Trinajstić information content (AvgIpc) is 2.68. The molecule has 7 nitrogen and oxygen atoms in total. The molecule has 2 aromatic rings. The maximum absolute atomic E-state index is 12.4. The van der Waals surface area contributed by atoms with E-state index in [0.29, 0.717) is 23.6 Å². The van der Waals surface area contributed by atoms with Crippen LogP contribution in [-0.4, -0.2) is 45.6 Å². The van der Waals surface area contributed by atoms with Gasteiger partial charge in [-0.25, -0.2) is 0 Å². The molecule has 0 aliphatic carbocycles. The molecule has 27 heavy (non-hydrogen) atoms. The van der Waals surface area contributed by atoms with Crippen LogP contribution in [0.3, 0.4) is 0 Å². The van der Waals surface area contributed by atoms with Crippen molar-refractivity contribution in [1.29, 1.82) is 0 Å². The summed E-state index contributed by atoms with van der Waals surface area (Å²) in [5, 5.41) is 2.88. The molecule has 0 spiro atoms. The number of fused-ring (bicyclic) bond motifs is 1. The van der Waals surface area contributed by atoms with Gasteiger partial charge in [0.15, 0.2) is 0 Å². The van der Waals surface area contributed by atoms with E-state index in [0.717, 1.165) is 19.5 Å². The van der Waals surface area contributed by atoms with E-state index >= 15 is 0 Å². The number of carbonyl (C=O) groups is 1. The van der Waals surface area contributed by atoms with E-state index < -0.39 is 11.1 Å². The van der Waals surface area contributed by atoms with E-state index in [1.807, 2.05) is 0 Å². The highest BCUT2D eigenvalue weighted by Gasteiger charge is 2.17. The van der Waals surface area contributed by atoms with Gasteiger partial charge in [0, 0.05) is 26.2 Å². The number of rotatable bonds is 6. The van der Waals surface area contributed by atoms with Crippen molar-refractivity contribution in [3.8, 4) is 0 Å². The minimum absolute atomic E-state index is 0.143. The van der Waals surface area contributed by atoms with E-state index in [2.05, 4.69) is 17.1 Å². The summed E-state index contributed by atoms with van der Waals surface area (Å²) in [6.45, 7) is 4.78. The summed E-state index contributed by atoms with van der Waals surface area (Å²) in [5.74, 6) is -0.248.